The zero-order chi connectivity index (χ0) is 32.5. The molecule has 0 amide bonds. The van der Waals surface area contributed by atoms with Gasteiger partial charge in [-0.3, -0.25) is 0 Å². The second kappa shape index (κ2) is 15.2. The molecule has 2 N–H and O–H groups in total. The van der Waals surface area contributed by atoms with Gasteiger partial charge in [-0.15, -0.1) is 25.7 Å². The normalized spacial score (nSPS) is 20.8. The molecule has 0 fully saturated rings. The monoisotopic (exact) mass is 604 g/mol. The smallest absolute Gasteiger partial charge is 0.390 e. The van der Waals surface area contributed by atoms with Crippen LogP contribution < -0.4 is 0 Å². The quantitative estimate of drug-likeness (QED) is 0.143. The van der Waals surface area contributed by atoms with Gasteiger partial charge in [-0.05, 0) is 77.0 Å². The molecule has 0 aliphatic carbocycles. The van der Waals surface area contributed by atoms with Crippen LogP contribution in [0, 0.1) is 73.0 Å². The van der Waals surface area contributed by atoms with E-state index < -0.39 is 45.7 Å². The summed E-state index contributed by atoms with van der Waals surface area (Å²) in [5.74, 6) is 11.3. The molecular formula is C33H56O6Si2. The first kappa shape index (κ1) is 39.4. The number of terminal acetylenes is 4. The van der Waals surface area contributed by atoms with Crippen molar-refractivity contribution in [1.82, 2.24) is 0 Å². The minimum Gasteiger partial charge on any atom is -0.390 e. The highest BCUT2D eigenvalue weighted by atomic mass is 28.5. The zero-order valence-electron chi connectivity index (χ0n) is 27.7. The third-order valence-corrected chi connectivity index (χ3v) is 13.1. The number of rotatable bonds is 18. The Morgan fingerprint density at radius 1 is 0.488 bits per heavy atom. The molecule has 0 radical (unpaired) electrons. The van der Waals surface area contributed by atoms with Crippen molar-refractivity contribution in [3.05, 3.63) is 0 Å². The zero-order valence-corrected chi connectivity index (χ0v) is 29.7. The van der Waals surface area contributed by atoms with Crippen molar-refractivity contribution in [2.24, 2.45) is 23.7 Å². The summed E-state index contributed by atoms with van der Waals surface area (Å²) in [5, 5.41) is 0. The van der Waals surface area contributed by atoms with Crippen molar-refractivity contribution < 1.29 is 27.3 Å². The van der Waals surface area contributed by atoms with Gasteiger partial charge in [0.05, 0.1) is 5.67 Å². The predicted molar refractivity (Wildman–Crippen MR) is 172 cm³/mol. The molecule has 0 saturated heterocycles. The third kappa shape index (κ3) is 14.0. The van der Waals surface area contributed by atoms with Crippen LogP contribution in [0.15, 0.2) is 0 Å². The molecular weight excluding hydrogens is 549 g/mol. The van der Waals surface area contributed by atoms with Gasteiger partial charge in [-0.25, -0.2) is 0 Å². The fourth-order valence-corrected chi connectivity index (χ4v) is 12.4. The molecule has 0 saturated carbocycles. The summed E-state index contributed by atoms with van der Waals surface area (Å²) in [7, 11) is -8.99. The van der Waals surface area contributed by atoms with Crippen molar-refractivity contribution in [1.29, 1.82) is 0 Å². The minimum absolute atomic E-state index is 0.138. The Hall–Kier alpha value is -1.57. The highest BCUT2D eigenvalue weighted by Crippen LogP contribution is 2.38. The van der Waals surface area contributed by atoms with E-state index in [0.717, 1.165) is 0 Å². The summed E-state index contributed by atoms with van der Waals surface area (Å²) in [5.41, 5.74) is -5.40. The van der Waals surface area contributed by atoms with Gasteiger partial charge in [-0.2, -0.15) is 0 Å². The van der Waals surface area contributed by atoms with E-state index in [1.807, 2.05) is 55.4 Å². The average molecular weight is 605 g/mol. The molecule has 0 bridgehead atoms. The average Bonchev–Trinajstić information content (AvgIpc) is 2.75. The van der Waals surface area contributed by atoms with Crippen LogP contribution in [0.4, 0.5) is 0 Å². The summed E-state index contributed by atoms with van der Waals surface area (Å²) in [4.78, 5) is 24.6. The van der Waals surface area contributed by atoms with Crippen molar-refractivity contribution in [3.63, 3.8) is 0 Å². The van der Waals surface area contributed by atoms with Gasteiger partial charge in [0.25, 0.3) is 0 Å². The van der Waals surface area contributed by atoms with Crippen LogP contribution in [0.5, 0.6) is 0 Å². The fourth-order valence-electron chi connectivity index (χ4n) is 5.51. The van der Waals surface area contributed by atoms with Crippen LogP contribution in [0.1, 0.15) is 109 Å². The van der Waals surface area contributed by atoms with Crippen LogP contribution in [0.3, 0.4) is 0 Å². The molecule has 0 aromatic heterocycles. The Morgan fingerprint density at radius 2 is 0.659 bits per heavy atom. The first-order chi connectivity index (χ1) is 18.4. The van der Waals surface area contributed by atoms with Crippen LogP contribution in [0.25, 0.3) is 0 Å². The summed E-state index contributed by atoms with van der Waals surface area (Å²) < 4.78 is 25.5. The molecule has 6 nitrogen and oxygen atoms in total. The van der Waals surface area contributed by atoms with Crippen LogP contribution >= 0.6 is 0 Å². The van der Waals surface area contributed by atoms with Crippen molar-refractivity contribution in [2.75, 3.05) is 0 Å². The van der Waals surface area contributed by atoms with Gasteiger partial charge in [0.1, 0.15) is 22.4 Å². The Balaban J connectivity index is 7.17. The lowest BCUT2D eigenvalue weighted by atomic mass is 9.95. The minimum atomic E-state index is -4.50. The molecule has 8 heteroatoms. The maximum atomic E-state index is 12.3. The first-order valence-electron chi connectivity index (χ1n) is 14.6. The van der Waals surface area contributed by atoms with E-state index in [1.54, 1.807) is 27.7 Å². The second-order valence-electron chi connectivity index (χ2n) is 13.9. The SMILES string of the molecule is C#CC(C)(CC(C)C)O[Si](O)(C[Si](O)(OC(C)(C#C)CC(C)C)OC(C)(C#C)CC(C)C)OC(C)(C#C)CC(C)C. The highest BCUT2D eigenvalue weighted by molar-refractivity contribution is 6.79. The van der Waals surface area contributed by atoms with Crippen molar-refractivity contribution >= 4 is 17.6 Å². The van der Waals surface area contributed by atoms with Gasteiger partial charge >= 0.3 is 17.6 Å². The molecule has 0 aromatic rings. The van der Waals surface area contributed by atoms with Crippen LogP contribution in [0.2, 0.25) is 5.67 Å². The summed E-state index contributed by atoms with van der Waals surface area (Å²) in [6.07, 6.45) is 25.4. The van der Waals surface area contributed by atoms with Gasteiger partial charge in [-0.1, -0.05) is 79.1 Å². The molecule has 0 aliphatic rings. The van der Waals surface area contributed by atoms with Gasteiger partial charge in [0, 0.05) is 0 Å². The molecule has 0 rings (SSSR count). The Kier molecular flexibility index (Phi) is 14.7. The van der Waals surface area contributed by atoms with E-state index in [9.17, 15) is 9.59 Å². The topological polar surface area (TPSA) is 77.4 Å². The molecule has 232 valence electrons. The van der Waals surface area contributed by atoms with E-state index in [4.69, 9.17) is 43.4 Å². The number of hydrogen-bond donors (Lipinski definition) is 2. The molecule has 0 aliphatic heterocycles. The first-order valence-corrected chi connectivity index (χ1v) is 18.5. The molecule has 4 atom stereocenters. The molecule has 0 heterocycles. The van der Waals surface area contributed by atoms with Crippen molar-refractivity contribution in [3.8, 4) is 49.4 Å². The molecule has 0 aromatic carbocycles. The predicted octanol–water partition coefficient (Wildman–Crippen LogP) is 6.21. The second-order valence-corrected chi connectivity index (χ2v) is 19.0. The standard InChI is InChI=1S/C33H56O6Si2/c1-17-30(13,21-26(5)6)36-40(34,37-31(14,18-2)22-27(7)8)25-41(35,38-32(15,19-3)23-28(9)10)39-33(16,20-4)24-29(11)12/h1-4,26-29,34-35H,21-25H2,5-16H3. The van der Waals surface area contributed by atoms with Crippen LogP contribution in [-0.2, 0) is 17.7 Å². The van der Waals surface area contributed by atoms with E-state index >= 15 is 0 Å². The lowest BCUT2D eigenvalue weighted by molar-refractivity contribution is -0.0416. The Bertz CT molecular complexity index is 861. The largest absolute Gasteiger partial charge is 0.505 e. The lowest BCUT2D eigenvalue weighted by Gasteiger charge is -2.44. The van der Waals surface area contributed by atoms with E-state index in [0.29, 0.717) is 25.7 Å². The van der Waals surface area contributed by atoms with Crippen molar-refractivity contribution in [2.45, 2.75) is 137 Å². The highest BCUT2D eigenvalue weighted by Gasteiger charge is 2.60. The Labute approximate surface area is 254 Å². The Morgan fingerprint density at radius 3 is 0.780 bits per heavy atom. The van der Waals surface area contributed by atoms with Crippen LogP contribution in [-0.4, -0.2) is 49.6 Å². The summed E-state index contributed by atoms with van der Waals surface area (Å²) in [6.45, 7) is 22.8. The summed E-state index contributed by atoms with van der Waals surface area (Å²) >= 11 is 0. The van der Waals surface area contributed by atoms with Gasteiger partial charge in [0.2, 0.25) is 0 Å². The van der Waals surface area contributed by atoms with E-state index in [-0.39, 0.29) is 23.7 Å². The van der Waals surface area contributed by atoms with Gasteiger partial charge < -0.3 is 27.3 Å². The maximum absolute atomic E-state index is 12.3. The fraction of sp³-hybridized carbons (Fsp3) is 0.758. The summed E-state index contributed by atoms with van der Waals surface area (Å²) in [6, 6.07) is 0. The van der Waals surface area contributed by atoms with E-state index in [2.05, 4.69) is 23.7 Å². The lowest BCUT2D eigenvalue weighted by Crippen LogP contribution is -2.64. The molecule has 0 spiro atoms. The molecule has 4 unspecified atom stereocenters. The molecule has 41 heavy (non-hydrogen) atoms. The number of hydrogen-bond acceptors (Lipinski definition) is 6. The van der Waals surface area contributed by atoms with Gasteiger partial charge in [0.15, 0.2) is 0 Å². The third-order valence-electron chi connectivity index (χ3n) is 6.40. The van der Waals surface area contributed by atoms with E-state index in [1.165, 1.54) is 0 Å². The maximum Gasteiger partial charge on any atom is 0.505 e.